The number of hydrogen-bond acceptors (Lipinski definition) is 2. The van der Waals surface area contributed by atoms with E-state index in [4.69, 9.17) is 0 Å². The summed E-state index contributed by atoms with van der Waals surface area (Å²) in [5.74, 6) is 0.315. The van der Waals surface area contributed by atoms with Gasteiger partial charge in [-0.3, -0.25) is 4.79 Å². The first kappa shape index (κ1) is 15.8. The number of carbonyl (C=O) groups excluding carboxylic acids is 2. The highest BCUT2D eigenvalue weighted by molar-refractivity contribution is 5.95. The van der Waals surface area contributed by atoms with E-state index in [9.17, 15) is 9.59 Å². The summed E-state index contributed by atoms with van der Waals surface area (Å²) in [7, 11) is 0. The fraction of sp³-hybridized carbons (Fsp3) is 0.556. The van der Waals surface area contributed by atoms with E-state index in [1.54, 1.807) is 0 Å². The van der Waals surface area contributed by atoms with Crippen LogP contribution in [-0.4, -0.2) is 31.1 Å². The highest BCUT2D eigenvalue weighted by Gasteiger charge is 2.30. The fourth-order valence-corrected chi connectivity index (χ4v) is 3.50. The second-order valence-corrected chi connectivity index (χ2v) is 6.60. The fourth-order valence-electron chi connectivity index (χ4n) is 3.50. The molecule has 3 amide bonds. The molecule has 1 aromatic rings. The molecule has 0 unspecified atom stereocenters. The number of nitrogens with zero attached hydrogens (tertiary/aromatic N) is 1. The van der Waals surface area contributed by atoms with Crippen molar-refractivity contribution in [1.82, 2.24) is 10.6 Å². The number of rotatable bonds is 4. The van der Waals surface area contributed by atoms with Gasteiger partial charge in [0.2, 0.25) is 5.91 Å². The predicted molar refractivity (Wildman–Crippen MR) is 90.3 cm³/mol. The first-order valence-electron chi connectivity index (χ1n) is 8.62. The van der Waals surface area contributed by atoms with Crippen LogP contribution in [0.25, 0.3) is 0 Å². The molecule has 1 heterocycles. The Hall–Kier alpha value is -2.04. The van der Waals surface area contributed by atoms with Gasteiger partial charge >= 0.3 is 6.03 Å². The van der Waals surface area contributed by atoms with Crippen LogP contribution in [0.5, 0.6) is 0 Å². The van der Waals surface area contributed by atoms with E-state index in [2.05, 4.69) is 10.6 Å². The number of para-hydroxylation sites is 1. The topological polar surface area (TPSA) is 61.4 Å². The lowest BCUT2D eigenvalue weighted by molar-refractivity contribution is -0.117. The van der Waals surface area contributed by atoms with Gasteiger partial charge in [-0.1, -0.05) is 37.5 Å². The van der Waals surface area contributed by atoms with Gasteiger partial charge in [0.1, 0.15) is 0 Å². The summed E-state index contributed by atoms with van der Waals surface area (Å²) >= 11 is 0. The Kier molecular flexibility index (Phi) is 5.16. The molecule has 0 aromatic heterocycles. The Morgan fingerprint density at radius 2 is 1.87 bits per heavy atom. The maximum Gasteiger partial charge on any atom is 0.315 e. The second-order valence-electron chi connectivity index (χ2n) is 6.60. The van der Waals surface area contributed by atoms with Crippen molar-refractivity contribution in [1.29, 1.82) is 0 Å². The normalized spacial score (nSPS) is 22.2. The summed E-state index contributed by atoms with van der Waals surface area (Å²) in [6.07, 6.45) is 6.34. The number of amides is 3. The van der Waals surface area contributed by atoms with Crippen molar-refractivity contribution < 1.29 is 9.59 Å². The van der Waals surface area contributed by atoms with Crippen LogP contribution in [0.2, 0.25) is 0 Å². The van der Waals surface area contributed by atoms with Crippen LogP contribution in [0.4, 0.5) is 10.5 Å². The highest BCUT2D eigenvalue weighted by Crippen LogP contribution is 2.24. The maximum atomic E-state index is 12.1. The van der Waals surface area contributed by atoms with E-state index < -0.39 is 0 Å². The first-order chi connectivity index (χ1) is 11.2. The van der Waals surface area contributed by atoms with Gasteiger partial charge in [-0.2, -0.15) is 0 Å². The van der Waals surface area contributed by atoms with Gasteiger partial charge in [0.25, 0.3) is 0 Å². The average molecular weight is 315 g/mol. The molecular weight excluding hydrogens is 290 g/mol. The van der Waals surface area contributed by atoms with E-state index in [1.807, 2.05) is 35.2 Å². The number of nitrogens with one attached hydrogen (secondary N) is 2. The number of hydrogen-bond donors (Lipinski definition) is 2. The van der Waals surface area contributed by atoms with Crippen LogP contribution in [-0.2, 0) is 4.79 Å². The molecule has 5 nitrogen and oxygen atoms in total. The van der Waals surface area contributed by atoms with Gasteiger partial charge in [-0.05, 0) is 25.0 Å². The molecule has 1 aromatic carbocycles. The van der Waals surface area contributed by atoms with Crippen molar-refractivity contribution in [3.8, 4) is 0 Å². The van der Waals surface area contributed by atoms with Crippen LogP contribution < -0.4 is 15.5 Å². The number of carbonyl (C=O) groups is 2. The molecule has 2 N–H and O–H groups in total. The van der Waals surface area contributed by atoms with Gasteiger partial charge in [0.15, 0.2) is 0 Å². The molecule has 1 atom stereocenters. The molecular formula is C18H25N3O2. The van der Waals surface area contributed by atoms with Gasteiger partial charge < -0.3 is 15.5 Å². The zero-order valence-corrected chi connectivity index (χ0v) is 13.5. The highest BCUT2D eigenvalue weighted by atomic mass is 16.2. The molecule has 5 heteroatoms. The third-order valence-electron chi connectivity index (χ3n) is 4.76. The zero-order chi connectivity index (χ0) is 16.1. The summed E-state index contributed by atoms with van der Waals surface area (Å²) < 4.78 is 0. The average Bonchev–Trinajstić information content (AvgIpc) is 2.96. The predicted octanol–water partition coefficient (Wildman–Crippen LogP) is 2.67. The lowest BCUT2D eigenvalue weighted by atomic mass is 9.96. The minimum Gasteiger partial charge on any atom is -0.338 e. The number of anilines is 1. The molecule has 124 valence electrons. The van der Waals surface area contributed by atoms with Crippen molar-refractivity contribution >= 4 is 17.6 Å². The third kappa shape index (κ3) is 4.24. The van der Waals surface area contributed by atoms with Gasteiger partial charge in [-0.15, -0.1) is 0 Å². The Morgan fingerprint density at radius 1 is 1.13 bits per heavy atom. The second kappa shape index (κ2) is 7.49. The Bertz CT molecular complexity index is 540. The summed E-state index contributed by atoms with van der Waals surface area (Å²) in [5.41, 5.74) is 0.937. The summed E-state index contributed by atoms with van der Waals surface area (Å²) in [6.45, 7) is 1.22. The summed E-state index contributed by atoms with van der Waals surface area (Å²) in [4.78, 5) is 25.9. The Balaban J connectivity index is 1.44. The molecule has 3 rings (SSSR count). The lowest BCUT2D eigenvalue weighted by Gasteiger charge is -2.23. The van der Waals surface area contributed by atoms with Crippen LogP contribution in [0.1, 0.15) is 38.5 Å². The number of urea groups is 1. The molecule has 0 radical (unpaired) electrons. The standard InChI is InChI=1S/C18H25N3O2/c22-17-11-14(13-21(17)16-9-5-2-6-10-16)12-19-18(23)20-15-7-3-1-4-8-15/h2,5-6,9-10,14-15H,1,3-4,7-8,11-13H2,(H2,19,20,23)/t14-/m0/s1. The van der Waals surface area contributed by atoms with Crippen molar-refractivity contribution in [3.05, 3.63) is 30.3 Å². The molecule has 1 saturated heterocycles. The minimum absolute atomic E-state index is 0.0949. The van der Waals surface area contributed by atoms with E-state index in [0.717, 1.165) is 18.5 Å². The molecule has 1 aliphatic heterocycles. The van der Waals surface area contributed by atoms with E-state index in [-0.39, 0.29) is 17.9 Å². The van der Waals surface area contributed by atoms with Crippen LogP contribution in [0.15, 0.2) is 30.3 Å². The summed E-state index contributed by atoms with van der Waals surface area (Å²) in [6, 6.07) is 9.93. The van der Waals surface area contributed by atoms with Crippen molar-refractivity contribution in [2.75, 3.05) is 18.0 Å². The Labute approximate surface area is 137 Å². The van der Waals surface area contributed by atoms with Gasteiger partial charge in [0, 0.05) is 37.2 Å². The molecule has 1 aliphatic carbocycles. The largest absolute Gasteiger partial charge is 0.338 e. The molecule has 23 heavy (non-hydrogen) atoms. The molecule has 2 fully saturated rings. The van der Waals surface area contributed by atoms with Crippen molar-refractivity contribution in [3.63, 3.8) is 0 Å². The zero-order valence-electron chi connectivity index (χ0n) is 13.5. The van der Waals surface area contributed by atoms with E-state index >= 15 is 0 Å². The molecule has 0 spiro atoms. The van der Waals surface area contributed by atoms with E-state index in [1.165, 1.54) is 19.3 Å². The van der Waals surface area contributed by atoms with Gasteiger partial charge in [0.05, 0.1) is 0 Å². The van der Waals surface area contributed by atoms with Gasteiger partial charge in [-0.25, -0.2) is 4.79 Å². The van der Waals surface area contributed by atoms with E-state index in [0.29, 0.717) is 25.6 Å². The van der Waals surface area contributed by atoms with Crippen molar-refractivity contribution in [2.45, 2.75) is 44.6 Å². The SMILES string of the molecule is O=C(NC[C@@H]1CC(=O)N(c2ccccc2)C1)NC1CCCCC1. The third-order valence-corrected chi connectivity index (χ3v) is 4.76. The minimum atomic E-state index is -0.0949. The molecule has 0 bridgehead atoms. The molecule has 1 saturated carbocycles. The van der Waals surface area contributed by atoms with Crippen LogP contribution in [0.3, 0.4) is 0 Å². The summed E-state index contributed by atoms with van der Waals surface area (Å²) in [5, 5.41) is 5.98. The first-order valence-corrected chi connectivity index (χ1v) is 8.62. The van der Waals surface area contributed by atoms with Crippen LogP contribution >= 0.6 is 0 Å². The number of benzene rings is 1. The van der Waals surface area contributed by atoms with Crippen LogP contribution in [0, 0.1) is 5.92 Å². The monoisotopic (exact) mass is 315 g/mol. The smallest absolute Gasteiger partial charge is 0.315 e. The quantitative estimate of drug-likeness (QED) is 0.897. The lowest BCUT2D eigenvalue weighted by Crippen LogP contribution is -2.44. The maximum absolute atomic E-state index is 12.1. The molecule has 2 aliphatic rings. The Morgan fingerprint density at radius 3 is 2.61 bits per heavy atom. The van der Waals surface area contributed by atoms with Crippen molar-refractivity contribution in [2.24, 2.45) is 5.92 Å².